The van der Waals surface area contributed by atoms with Crippen molar-refractivity contribution >= 4 is 43.2 Å². The molecule has 0 radical (unpaired) electrons. The van der Waals surface area contributed by atoms with Crippen molar-refractivity contribution in [3.63, 3.8) is 0 Å². The van der Waals surface area contributed by atoms with E-state index in [0.717, 1.165) is 11.0 Å². The molecule has 0 aliphatic carbocycles. The van der Waals surface area contributed by atoms with Gasteiger partial charge in [0.1, 0.15) is 17.0 Å². The number of aromatic nitrogens is 1. The molecule has 0 spiro atoms. The van der Waals surface area contributed by atoms with Gasteiger partial charge in [0.25, 0.3) is 0 Å². The Kier molecular flexibility index (Phi) is 4.42. The summed E-state index contributed by atoms with van der Waals surface area (Å²) in [6, 6.07) is 9.49. The zero-order chi connectivity index (χ0) is 17.3. The number of sulfone groups is 1. The Labute approximate surface area is 143 Å². The van der Waals surface area contributed by atoms with Crippen LogP contribution in [0.15, 0.2) is 40.1 Å². The van der Waals surface area contributed by atoms with Crippen molar-refractivity contribution in [2.24, 2.45) is 0 Å². The van der Waals surface area contributed by atoms with Crippen LogP contribution in [0.1, 0.15) is 13.8 Å². The van der Waals surface area contributed by atoms with Crippen LogP contribution in [0.25, 0.3) is 22.4 Å². The smallest absolute Gasteiger partial charge is 0.241 e. The number of amides is 1. The number of hydrogen-bond acceptors (Lipinski definition) is 6. The molecule has 0 saturated carbocycles. The quantitative estimate of drug-likeness (QED) is 0.750. The van der Waals surface area contributed by atoms with E-state index in [1.54, 1.807) is 19.2 Å². The number of hydrogen-bond donors (Lipinski definition) is 1. The van der Waals surface area contributed by atoms with Crippen LogP contribution < -0.4 is 5.32 Å². The highest BCUT2D eigenvalue weighted by Crippen LogP contribution is 2.30. The predicted molar refractivity (Wildman–Crippen MR) is 94.9 cm³/mol. The lowest BCUT2D eigenvalue weighted by atomic mass is 10.2. The van der Waals surface area contributed by atoms with Gasteiger partial charge in [-0.2, -0.15) is 0 Å². The number of para-hydroxylation sites is 1. The first-order valence-corrected chi connectivity index (χ1v) is 9.90. The summed E-state index contributed by atoms with van der Waals surface area (Å²) in [6.45, 7) is 3.09. The van der Waals surface area contributed by atoms with E-state index in [1.165, 1.54) is 11.3 Å². The van der Waals surface area contributed by atoms with E-state index in [4.69, 9.17) is 4.42 Å². The molecule has 3 rings (SSSR count). The van der Waals surface area contributed by atoms with Crippen molar-refractivity contribution in [2.45, 2.75) is 19.1 Å². The maximum Gasteiger partial charge on any atom is 0.241 e. The number of nitrogens with one attached hydrogen (secondary N) is 1. The summed E-state index contributed by atoms with van der Waals surface area (Å²) in [5, 5.41) is 5.00. The van der Waals surface area contributed by atoms with Gasteiger partial charge in [0, 0.05) is 10.8 Å². The molecule has 0 unspecified atom stereocenters. The first kappa shape index (κ1) is 16.7. The molecule has 0 saturated heterocycles. The van der Waals surface area contributed by atoms with Gasteiger partial charge in [-0.1, -0.05) is 18.2 Å². The van der Waals surface area contributed by atoms with Crippen molar-refractivity contribution in [3.05, 3.63) is 35.7 Å². The van der Waals surface area contributed by atoms with Crippen LogP contribution in [-0.2, 0) is 14.6 Å². The van der Waals surface area contributed by atoms with Crippen LogP contribution in [0.3, 0.4) is 0 Å². The van der Waals surface area contributed by atoms with E-state index in [9.17, 15) is 13.2 Å². The zero-order valence-electron chi connectivity index (χ0n) is 13.1. The van der Waals surface area contributed by atoms with Gasteiger partial charge in [0.2, 0.25) is 5.91 Å². The summed E-state index contributed by atoms with van der Waals surface area (Å²) in [7, 11) is -3.43. The highest BCUT2D eigenvalue weighted by Gasteiger charge is 2.21. The van der Waals surface area contributed by atoms with Gasteiger partial charge < -0.3 is 9.73 Å². The van der Waals surface area contributed by atoms with Gasteiger partial charge in [-0.25, -0.2) is 13.4 Å². The van der Waals surface area contributed by atoms with Gasteiger partial charge >= 0.3 is 0 Å². The van der Waals surface area contributed by atoms with Crippen molar-refractivity contribution in [3.8, 4) is 11.5 Å². The van der Waals surface area contributed by atoms with Gasteiger partial charge in [-0.05, 0) is 26.0 Å². The maximum atomic E-state index is 11.9. The molecular weight excluding hydrogens is 348 g/mol. The number of carbonyl (C=O) groups is 1. The molecule has 0 aliphatic rings. The number of fused-ring (bicyclic) bond motifs is 1. The van der Waals surface area contributed by atoms with E-state index in [0.29, 0.717) is 16.6 Å². The van der Waals surface area contributed by atoms with E-state index < -0.39 is 26.7 Å². The van der Waals surface area contributed by atoms with Gasteiger partial charge in [0.15, 0.2) is 20.7 Å². The zero-order valence-corrected chi connectivity index (χ0v) is 14.8. The first-order valence-electron chi connectivity index (χ1n) is 7.31. The molecule has 8 heteroatoms. The highest BCUT2D eigenvalue weighted by molar-refractivity contribution is 7.92. The Morgan fingerprint density at radius 1 is 1.33 bits per heavy atom. The van der Waals surface area contributed by atoms with Crippen LogP contribution in [0, 0.1) is 0 Å². The predicted octanol–water partition coefficient (Wildman–Crippen LogP) is 3.32. The highest BCUT2D eigenvalue weighted by atomic mass is 32.2. The summed E-state index contributed by atoms with van der Waals surface area (Å²) in [5.41, 5.74) is 1.35. The van der Waals surface area contributed by atoms with Crippen molar-refractivity contribution in [2.75, 3.05) is 11.1 Å². The molecule has 126 valence electrons. The molecule has 0 aliphatic heterocycles. The largest absolute Gasteiger partial charge is 0.454 e. The Morgan fingerprint density at radius 3 is 2.79 bits per heavy atom. The maximum absolute atomic E-state index is 11.9. The molecule has 2 aromatic heterocycles. The van der Waals surface area contributed by atoms with E-state index >= 15 is 0 Å². The molecule has 1 amide bonds. The molecule has 0 fully saturated rings. The molecule has 3 aromatic rings. The number of anilines is 1. The molecule has 2 heterocycles. The molecule has 0 atom stereocenters. The minimum absolute atomic E-state index is 0.342. The lowest BCUT2D eigenvalue weighted by Gasteiger charge is -2.06. The normalized spacial score (nSPS) is 12.0. The Hall–Kier alpha value is -2.19. The summed E-state index contributed by atoms with van der Waals surface area (Å²) < 4.78 is 29.2. The summed E-state index contributed by atoms with van der Waals surface area (Å²) >= 11 is 1.22. The second-order valence-electron chi connectivity index (χ2n) is 5.59. The number of carbonyl (C=O) groups excluding carboxylic acids is 1. The number of rotatable bonds is 5. The van der Waals surface area contributed by atoms with Gasteiger partial charge in [-0.3, -0.25) is 4.79 Å². The fourth-order valence-corrected chi connectivity index (χ4v) is 3.54. The second kappa shape index (κ2) is 6.37. The Morgan fingerprint density at radius 2 is 2.08 bits per heavy atom. The third-order valence-electron chi connectivity index (χ3n) is 3.48. The Balaban J connectivity index is 1.75. The molecule has 24 heavy (non-hydrogen) atoms. The van der Waals surface area contributed by atoms with Crippen molar-refractivity contribution in [1.82, 2.24) is 4.98 Å². The van der Waals surface area contributed by atoms with Crippen molar-refractivity contribution < 1.29 is 17.6 Å². The topological polar surface area (TPSA) is 89.3 Å². The van der Waals surface area contributed by atoms with Gasteiger partial charge in [-0.15, -0.1) is 11.3 Å². The third-order valence-corrected chi connectivity index (χ3v) is 6.34. The van der Waals surface area contributed by atoms with E-state index in [2.05, 4.69) is 10.3 Å². The van der Waals surface area contributed by atoms with Crippen LogP contribution in [0.5, 0.6) is 0 Å². The summed E-state index contributed by atoms with van der Waals surface area (Å²) in [4.78, 5) is 16.2. The average molecular weight is 364 g/mol. The average Bonchev–Trinajstić information content (AvgIpc) is 3.12. The lowest BCUT2D eigenvalue weighted by Crippen LogP contribution is -2.27. The fraction of sp³-hybridized carbons (Fsp3) is 0.250. The second-order valence-corrected chi connectivity index (χ2v) is 9.01. The molecule has 6 nitrogen and oxygen atoms in total. The number of nitrogens with zero attached hydrogens (tertiary/aromatic N) is 1. The minimum atomic E-state index is -3.43. The Bertz CT molecular complexity index is 953. The molecule has 0 bridgehead atoms. The van der Waals surface area contributed by atoms with Crippen LogP contribution >= 0.6 is 11.3 Å². The number of benzene rings is 1. The SMILES string of the molecule is CC(C)S(=O)(=O)CC(=O)Nc1nc(-c2cc3ccccc3o2)cs1. The minimum Gasteiger partial charge on any atom is -0.454 e. The molecular formula is C16H16N2O4S2. The number of thiazole rings is 1. The summed E-state index contributed by atoms with van der Waals surface area (Å²) in [6.07, 6.45) is 0. The van der Waals surface area contributed by atoms with E-state index in [-0.39, 0.29) is 0 Å². The number of furan rings is 1. The van der Waals surface area contributed by atoms with Crippen LogP contribution in [0.4, 0.5) is 5.13 Å². The van der Waals surface area contributed by atoms with Gasteiger partial charge in [0.05, 0.1) is 5.25 Å². The van der Waals surface area contributed by atoms with Crippen molar-refractivity contribution in [1.29, 1.82) is 0 Å². The standard InChI is InChI=1S/C16H16N2O4S2/c1-10(2)24(20,21)9-15(19)18-16-17-12(8-23-16)14-7-11-5-3-4-6-13(11)22-14/h3-8,10H,9H2,1-2H3,(H,17,18,19). The first-order chi connectivity index (χ1) is 11.3. The lowest BCUT2D eigenvalue weighted by molar-refractivity contribution is -0.113. The molecule has 1 N–H and O–H groups in total. The fourth-order valence-electron chi connectivity index (χ4n) is 2.06. The molecule has 1 aromatic carbocycles. The third kappa shape index (κ3) is 3.49. The van der Waals surface area contributed by atoms with E-state index in [1.807, 2.05) is 30.3 Å². The summed E-state index contributed by atoms with van der Waals surface area (Å²) in [5.74, 6) is -0.540. The van der Waals surface area contributed by atoms with Crippen LogP contribution in [-0.4, -0.2) is 30.3 Å². The monoisotopic (exact) mass is 364 g/mol. The van der Waals surface area contributed by atoms with Crippen LogP contribution in [0.2, 0.25) is 0 Å².